The topological polar surface area (TPSA) is 24.5 Å². The summed E-state index contributed by atoms with van der Waals surface area (Å²) >= 11 is 0. The maximum Gasteiger partial charge on any atom is 0.0945 e. The van der Waals surface area contributed by atoms with Gasteiger partial charge in [-0.1, -0.05) is 54.6 Å². The molecule has 3 heteroatoms. The summed E-state index contributed by atoms with van der Waals surface area (Å²) in [6.45, 7) is 5.16. The van der Waals surface area contributed by atoms with Crippen LogP contribution < -0.4 is 5.32 Å². The van der Waals surface area contributed by atoms with E-state index in [9.17, 15) is 0 Å². The number of methoxy groups -OCH3 is 1. The van der Waals surface area contributed by atoms with Crippen molar-refractivity contribution in [3.63, 3.8) is 0 Å². The number of hydrogen-bond donors (Lipinski definition) is 1. The monoisotopic (exact) mass is 310 g/mol. The fourth-order valence-electron chi connectivity index (χ4n) is 3.22. The summed E-state index contributed by atoms with van der Waals surface area (Å²) in [5, 5.41) is 3.54. The van der Waals surface area contributed by atoms with Gasteiger partial charge >= 0.3 is 0 Å². The van der Waals surface area contributed by atoms with Crippen LogP contribution in [0.3, 0.4) is 0 Å². The molecule has 1 N–H and O–H groups in total. The lowest BCUT2D eigenvalue weighted by Gasteiger charge is -2.29. The van der Waals surface area contributed by atoms with Gasteiger partial charge in [-0.15, -0.1) is 0 Å². The van der Waals surface area contributed by atoms with E-state index in [0.29, 0.717) is 0 Å². The van der Waals surface area contributed by atoms with Crippen molar-refractivity contribution < 1.29 is 4.74 Å². The molecule has 3 nitrogen and oxygen atoms in total. The van der Waals surface area contributed by atoms with E-state index in [4.69, 9.17) is 4.74 Å². The van der Waals surface area contributed by atoms with Crippen LogP contribution in [0, 0.1) is 0 Å². The second kappa shape index (κ2) is 8.25. The highest BCUT2D eigenvalue weighted by molar-refractivity contribution is 5.29. The van der Waals surface area contributed by atoms with Gasteiger partial charge in [-0.25, -0.2) is 0 Å². The number of nitrogens with one attached hydrogen (secondary N) is 1. The molecule has 3 rings (SSSR count). The van der Waals surface area contributed by atoms with E-state index in [0.717, 1.165) is 32.7 Å². The molecule has 0 saturated heterocycles. The molecule has 1 unspecified atom stereocenters. The van der Waals surface area contributed by atoms with Crippen LogP contribution in [0.2, 0.25) is 0 Å². The molecule has 0 saturated carbocycles. The molecule has 0 bridgehead atoms. The summed E-state index contributed by atoms with van der Waals surface area (Å²) in [5.74, 6) is 0. The fraction of sp³-hybridized carbons (Fsp3) is 0.400. The van der Waals surface area contributed by atoms with Gasteiger partial charge in [-0.05, 0) is 23.1 Å². The maximum atomic E-state index is 5.60. The summed E-state index contributed by atoms with van der Waals surface area (Å²) in [4.78, 5) is 2.53. The number of fused-ring (bicyclic) bond motifs is 1. The van der Waals surface area contributed by atoms with Gasteiger partial charge in [0.25, 0.3) is 0 Å². The smallest absolute Gasteiger partial charge is 0.0945 e. The number of nitrogens with zero attached hydrogens (tertiary/aromatic N) is 1. The van der Waals surface area contributed by atoms with Crippen molar-refractivity contribution in [3.8, 4) is 0 Å². The molecule has 0 aromatic heterocycles. The minimum Gasteiger partial charge on any atom is -0.375 e. The van der Waals surface area contributed by atoms with E-state index in [-0.39, 0.29) is 6.10 Å². The molecule has 0 spiro atoms. The van der Waals surface area contributed by atoms with Crippen molar-refractivity contribution in [1.82, 2.24) is 10.2 Å². The van der Waals surface area contributed by atoms with Crippen LogP contribution in [0.1, 0.15) is 22.8 Å². The van der Waals surface area contributed by atoms with E-state index in [2.05, 4.69) is 58.7 Å². The van der Waals surface area contributed by atoms with Gasteiger partial charge in [-0.3, -0.25) is 4.90 Å². The minimum atomic E-state index is 0.123. The van der Waals surface area contributed by atoms with Gasteiger partial charge in [0.15, 0.2) is 0 Å². The second-order valence-electron chi connectivity index (χ2n) is 6.13. The van der Waals surface area contributed by atoms with E-state index in [1.807, 2.05) is 6.07 Å². The van der Waals surface area contributed by atoms with Crippen molar-refractivity contribution in [1.29, 1.82) is 0 Å². The van der Waals surface area contributed by atoms with Gasteiger partial charge < -0.3 is 10.1 Å². The average Bonchev–Trinajstić information content (AvgIpc) is 2.62. The molecule has 23 heavy (non-hydrogen) atoms. The van der Waals surface area contributed by atoms with E-state index >= 15 is 0 Å². The SMILES string of the molecule is COC(CNCCN1CCc2ccccc2C1)c1ccccc1. The standard InChI is InChI=1S/C20H26N2O/c1-23-20(18-8-3-2-4-9-18)15-21-12-14-22-13-11-17-7-5-6-10-19(17)16-22/h2-10,20-21H,11-16H2,1H3. The quantitative estimate of drug-likeness (QED) is 0.796. The zero-order chi connectivity index (χ0) is 15.9. The van der Waals surface area contributed by atoms with Crippen LogP contribution in [0.25, 0.3) is 0 Å². The first-order valence-electron chi connectivity index (χ1n) is 8.44. The van der Waals surface area contributed by atoms with Crippen molar-refractivity contribution in [3.05, 3.63) is 71.3 Å². The van der Waals surface area contributed by atoms with E-state index < -0.39 is 0 Å². The van der Waals surface area contributed by atoms with Crippen LogP contribution in [0.4, 0.5) is 0 Å². The summed E-state index contributed by atoms with van der Waals surface area (Å²) < 4.78 is 5.60. The predicted octanol–water partition coefficient (Wildman–Crippen LogP) is 3.02. The predicted molar refractivity (Wildman–Crippen MR) is 94.5 cm³/mol. The molecule has 0 amide bonds. The van der Waals surface area contributed by atoms with Gasteiger partial charge in [0, 0.05) is 39.8 Å². The number of ether oxygens (including phenoxy) is 1. The van der Waals surface area contributed by atoms with E-state index in [1.54, 1.807) is 7.11 Å². The zero-order valence-electron chi connectivity index (χ0n) is 13.9. The Kier molecular flexibility index (Phi) is 5.81. The summed E-state index contributed by atoms with van der Waals surface area (Å²) in [5.41, 5.74) is 4.23. The molecule has 1 aliphatic rings. The highest BCUT2D eigenvalue weighted by Gasteiger charge is 2.15. The first-order chi connectivity index (χ1) is 11.4. The largest absolute Gasteiger partial charge is 0.375 e. The van der Waals surface area contributed by atoms with Gasteiger partial charge in [0.2, 0.25) is 0 Å². The minimum absolute atomic E-state index is 0.123. The lowest BCUT2D eigenvalue weighted by Crippen LogP contribution is -2.37. The van der Waals surface area contributed by atoms with Gasteiger partial charge in [-0.2, -0.15) is 0 Å². The lowest BCUT2D eigenvalue weighted by atomic mass is 10.00. The summed E-state index contributed by atoms with van der Waals surface area (Å²) in [6.07, 6.45) is 1.29. The molecule has 0 radical (unpaired) electrons. The van der Waals surface area contributed by atoms with Crippen LogP contribution in [-0.4, -0.2) is 38.2 Å². The Hall–Kier alpha value is -1.68. The molecule has 1 atom stereocenters. The number of benzene rings is 2. The van der Waals surface area contributed by atoms with Crippen LogP contribution in [0.5, 0.6) is 0 Å². The van der Waals surface area contributed by atoms with Crippen molar-refractivity contribution >= 4 is 0 Å². The Balaban J connectivity index is 1.42. The fourth-order valence-corrected chi connectivity index (χ4v) is 3.22. The van der Waals surface area contributed by atoms with Crippen LogP contribution in [0.15, 0.2) is 54.6 Å². The molecule has 1 heterocycles. The van der Waals surface area contributed by atoms with Gasteiger partial charge in [0.05, 0.1) is 6.10 Å². The Morgan fingerprint density at radius 3 is 2.57 bits per heavy atom. The van der Waals surface area contributed by atoms with Crippen LogP contribution in [-0.2, 0) is 17.7 Å². The molecule has 2 aromatic carbocycles. The van der Waals surface area contributed by atoms with Crippen molar-refractivity contribution in [2.45, 2.75) is 19.1 Å². The molecular weight excluding hydrogens is 284 g/mol. The second-order valence-corrected chi connectivity index (χ2v) is 6.13. The first kappa shape index (κ1) is 16.2. The third kappa shape index (κ3) is 4.41. The maximum absolute atomic E-state index is 5.60. The molecule has 122 valence electrons. The zero-order valence-corrected chi connectivity index (χ0v) is 13.9. The highest BCUT2D eigenvalue weighted by Crippen LogP contribution is 2.18. The average molecular weight is 310 g/mol. The van der Waals surface area contributed by atoms with Crippen molar-refractivity contribution in [2.75, 3.05) is 33.3 Å². The Morgan fingerprint density at radius 1 is 1.04 bits per heavy atom. The third-order valence-electron chi connectivity index (χ3n) is 4.60. The summed E-state index contributed by atoms with van der Waals surface area (Å²) in [6, 6.07) is 19.2. The third-order valence-corrected chi connectivity index (χ3v) is 4.60. The number of hydrogen-bond acceptors (Lipinski definition) is 3. The van der Waals surface area contributed by atoms with Crippen molar-refractivity contribution in [2.24, 2.45) is 0 Å². The molecule has 0 fully saturated rings. The first-order valence-corrected chi connectivity index (χ1v) is 8.44. The normalized spacial score (nSPS) is 16.0. The van der Waals surface area contributed by atoms with Crippen LogP contribution >= 0.6 is 0 Å². The highest BCUT2D eigenvalue weighted by atomic mass is 16.5. The molecular formula is C20H26N2O. The Labute approximate surface area is 139 Å². The number of rotatable bonds is 7. The Bertz CT molecular complexity index is 600. The van der Waals surface area contributed by atoms with E-state index in [1.165, 1.54) is 23.1 Å². The molecule has 1 aliphatic heterocycles. The van der Waals surface area contributed by atoms with Gasteiger partial charge in [0.1, 0.15) is 0 Å². The Morgan fingerprint density at radius 2 is 1.78 bits per heavy atom. The summed E-state index contributed by atoms with van der Waals surface area (Å²) in [7, 11) is 1.78. The molecule has 2 aromatic rings. The lowest BCUT2D eigenvalue weighted by molar-refractivity contribution is 0.101. The molecule has 0 aliphatic carbocycles.